The Morgan fingerprint density at radius 1 is 1.26 bits per heavy atom. The van der Waals surface area contributed by atoms with Crippen molar-refractivity contribution >= 4 is 38.8 Å². The monoisotopic (exact) mass is 400 g/mol. The van der Waals surface area contributed by atoms with Crippen LogP contribution < -0.4 is 5.76 Å². The van der Waals surface area contributed by atoms with Gasteiger partial charge in [0.05, 0.1) is 28.2 Å². The Labute approximate surface area is 162 Å². The highest BCUT2D eigenvalue weighted by Crippen LogP contribution is 2.23. The van der Waals surface area contributed by atoms with E-state index < -0.39 is 5.76 Å². The van der Waals surface area contributed by atoms with Gasteiger partial charge in [0.2, 0.25) is 5.91 Å². The zero-order valence-corrected chi connectivity index (χ0v) is 16.1. The number of nitrogens with zero attached hydrogens (tertiary/aromatic N) is 4. The SMILES string of the molecule is CN(Cc1nc2ccccc2s1)C(=O)CCn1nc(-c2cccs2)oc1=O. The van der Waals surface area contributed by atoms with Gasteiger partial charge in [-0.15, -0.1) is 27.8 Å². The van der Waals surface area contributed by atoms with Gasteiger partial charge in [-0.05, 0) is 23.6 Å². The molecule has 4 rings (SSSR count). The molecule has 1 aromatic carbocycles. The van der Waals surface area contributed by atoms with Gasteiger partial charge >= 0.3 is 5.76 Å². The zero-order valence-electron chi connectivity index (χ0n) is 14.5. The van der Waals surface area contributed by atoms with Gasteiger partial charge in [0.15, 0.2) is 0 Å². The van der Waals surface area contributed by atoms with Crippen LogP contribution in [-0.4, -0.2) is 32.6 Å². The Bertz CT molecular complexity index is 1090. The lowest BCUT2D eigenvalue weighted by Crippen LogP contribution is -2.28. The molecule has 3 heterocycles. The highest BCUT2D eigenvalue weighted by Gasteiger charge is 2.15. The number of hydrogen-bond acceptors (Lipinski definition) is 7. The van der Waals surface area contributed by atoms with E-state index in [1.165, 1.54) is 16.0 Å². The molecule has 4 aromatic rings. The van der Waals surface area contributed by atoms with Crippen molar-refractivity contribution in [3.8, 4) is 10.8 Å². The summed E-state index contributed by atoms with van der Waals surface area (Å²) in [7, 11) is 1.73. The molecule has 0 saturated heterocycles. The summed E-state index contributed by atoms with van der Waals surface area (Å²) in [6.07, 6.45) is 0.164. The van der Waals surface area contributed by atoms with E-state index in [0.29, 0.717) is 6.54 Å². The maximum absolute atomic E-state index is 12.4. The van der Waals surface area contributed by atoms with Gasteiger partial charge in [0, 0.05) is 13.5 Å². The molecular weight excluding hydrogens is 384 g/mol. The number of carbonyl (C=O) groups is 1. The minimum Gasteiger partial charge on any atom is -0.387 e. The molecular formula is C18H16N4O3S2. The Morgan fingerprint density at radius 2 is 2.11 bits per heavy atom. The van der Waals surface area contributed by atoms with Crippen LogP contribution in [-0.2, 0) is 17.9 Å². The summed E-state index contributed by atoms with van der Waals surface area (Å²) in [5.41, 5.74) is 0.939. The fourth-order valence-electron chi connectivity index (χ4n) is 2.62. The predicted molar refractivity (Wildman–Crippen MR) is 105 cm³/mol. The number of amides is 1. The van der Waals surface area contributed by atoms with E-state index in [4.69, 9.17) is 4.42 Å². The molecule has 138 valence electrons. The lowest BCUT2D eigenvalue weighted by molar-refractivity contribution is -0.130. The first-order valence-corrected chi connectivity index (χ1v) is 10.00. The van der Waals surface area contributed by atoms with Gasteiger partial charge in [-0.1, -0.05) is 18.2 Å². The molecule has 0 aliphatic heterocycles. The van der Waals surface area contributed by atoms with E-state index in [9.17, 15) is 9.59 Å². The van der Waals surface area contributed by atoms with Gasteiger partial charge in [-0.25, -0.2) is 9.78 Å². The second-order valence-electron chi connectivity index (χ2n) is 5.95. The van der Waals surface area contributed by atoms with Crippen molar-refractivity contribution in [1.82, 2.24) is 19.7 Å². The van der Waals surface area contributed by atoms with Crippen molar-refractivity contribution in [3.63, 3.8) is 0 Å². The number of carbonyl (C=O) groups excluding carboxylic acids is 1. The third kappa shape index (κ3) is 3.83. The van der Waals surface area contributed by atoms with Crippen molar-refractivity contribution in [3.05, 3.63) is 57.3 Å². The Hall–Kier alpha value is -2.78. The molecule has 0 fully saturated rings. The molecule has 0 atom stereocenters. The normalized spacial score (nSPS) is 11.1. The summed E-state index contributed by atoms with van der Waals surface area (Å²) in [4.78, 5) is 31.3. The number of thiazole rings is 1. The van der Waals surface area contributed by atoms with Crippen LogP contribution in [0.1, 0.15) is 11.4 Å². The van der Waals surface area contributed by atoms with Crippen LogP contribution in [0.25, 0.3) is 21.0 Å². The topological polar surface area (TPSA) is 81.2 Å². The summed E-state index contributed by atoms with van der Waals surface area (Å²) in [5.74, 6) is -0.355. The van der Waals surface area contributed by atoms with Crippen molar-refractivity contribution in [2.24, 2.45) is 0 Å². The van der Waals surface area contributed by atoms with Crippen LogP contribution in [0.5, 0.6) is 0 Å². The van der Waals surface area contributed by atoms with E-state index in [2.05, 4.69) is 10.1 Å². The van der Waals surface area contributed by atoms with Gasteiger partial charge in [-0.2, -0.15) is 4.68 Å². The number of para-hydroxylation sites is 1. The van der Waals surface area contributed by atoms with Crippen LogP contribution in [0.4, 0.5) is 0 Å². The molecule has 9 heteroatoms. The van der Waals surface area contributed by atoms with E-state index in [1.807, 2.05) is 41.8 Å². The number of aryl methyl sites for hydroxylation is 1. The third-order valence-corrected chi connectivity index (χ3v) is 5.89. The molecule has 0 aliphatic rings. The van der Waals surface area contributed by atoms with E-state index >= 15 is 0 Å². The maximum atomic E-state index is 12.4. The largest absolute Gasteiger partial charge is 0.437 e. The van der Waals surface area contributed by atoms with E-state index in [-0.39, 0.29) is 24.8 Å². The first-order valence-electron chi connectivity index (χ1n) is 8.30. The number of rotatable bonds is 6. The summed E-state index contributed by atoms with van der Waals surface area (Å²) in [5, 5.41) is 6.93. The summed E-state index contributed by atoms with van der Waals surface area (Å²) < 4.78 is 7.45. The standard InChI is InChI=1S/C18H16N4O3S2/c1-21(11-15-19-12-5-2-3-6-13(12)27-15)16(23)8-9-22-18(24)25-17(20-22)14-7-4-10-26-14/h2-7,10H,8-9,11H2,1H3. The minimum absolute atomic E-state index is 0.0816. The number of thiophene rings is 1. The van der Waals surface area contributed by atoms with Crippen molar-refractivity contribution in [2.75, 3.05) is 7.05 Å². The van der Waals surface area contributed by atoms with Crippen molar-refractivity contribution < 1.29 is 9.21 Å². The van der Waals surface area contributed by atoms with Gasteiger partial charge in [0.1, 0.15) is 5.01 Å². The molecule has 1 amide bonds. The molecule has 0 N–H and O–H groups in total. The Balaban J connectivity index is 1.38. The number of aromatic nitrogens is 3. The first-order chi connectivity index (χ1) is 13.1. The lowest BCUT2D eigenvalue weighted by Gasteiger charge is -2.15. The molecule has 7 nitrogen and oxygen atoms in total. The summed E-state index contributed by atoms with van der Waals surface area (Å²) in [6.45, 7) is 0.614. The molecule has 0 unspecified atom stereocenters. The van der Waals surface area contributed by atoms with Crippen molar-refractivity contribution in [2.45, 2.75) is 19.5 Å². The third-order valence-electron chi connectivity index (χ3n) is 4.01. The molecule has 0 spiro atoms. The number of fused-ring (bicyclic) bond motifs is 1. The molecule has 27 heavy (non-hydrogen) atoms. The second-order valence-corrected chi connectivity index (χ2v) is 8.01. The fraction of sp³-hybridized carbons (Fsp3) is 0.222. The van der Waals surface area contributed by atoms with Crippen LogP contribution in [0.2, 0.25) is 0 Å². The van der Waals surface area contributed by atoms with Crippen molar-refractivity contribution in [1.29, 1.82) is 0 Å². The molecule has 3 aromatic heterocycles. The molecule has 0 bridgehead atoms. The molecule has 0 aliphatic carbocycles. The van der Waals surface area contributed by atoms with Crippen LogP contribution in [0.3, 0.4) is 0 Å². The summed E-state index contributed by atoms with van der Waals surface area (Å²) >= 11 is 3.02. The zero-order chi connectivity index (χ0) is 18.8. The lowest BCUT2D eigenvalue weighted by atomic mass is 10.3. The maximum Gasteiger partial charge on any atom is 0.437 e. The first kappa shape index (κ1) is 17.6. The minimum atomic E-state index is -0.556. The Morgan fingerprint density at radius 3 is 2.89 bits per heavy atom. The van der Waals surface area contributed by atoms with Gasteiger partial charge in [0.25, 0.3) is 5.89 Å². The van der Waals surface area contributed by atoms with Crippen LogP contribution in [0, 0.1) is 0 Å². The highest BCUT2D eigenvalue weighted by molar-refractivity contribution is 7.18. The molecule has 0 radical (unpaired) electrons. The number of hydrogen-bond donors (Lipinski definition) is 0. The Kier molecular flexibility index (Phi) is 4.87. The summed E-state index contributed by atoms with van der Waals surface area (Å²) in [6, 6.07) is 11.6. The second kappa shape index (κ2) is 7.45. The quantitative estimate of drug-likeness (QED) is 0.496. The van der Waals surface area contributed by atoms with Gasteiger partial charge < -0.3 is 9.32 Å². The van der Waals surface area contributed by atoms with E-state index in [0.717, 1.165) is 20.1 Å². The average Bonchev–Trinajstić information content (AvgIpc) is 3.38. The van der Waals surface area contributed by atoms with Gasteiger partial charge in [-0.3, -0.25) is 4.79 Å². The predicted octanol–water partition coefficient (Wildman–Crippen LogP) is 3.22. The molecule has 0 saturated carbocycles. The van der Waals surface area contributed by atoms with E-state index in [1.54, 1.807) is 23.3 Å². The van der Waals surface area contributed by atoms with Crippen LogP contribution >= 0.6 is 22.7 Å². The fourth-order valence-corrected chi connectivity index (χ4v) is 4.28. The smallest absolute Gasteiger partial charge is 0.387 e. The average molecular weight is 400 g/mol. The number of benzene rings is 1. The van der Waals surface area contributed by atoms with Crippen LogP contribution in [0.15, 0.2) is 51.0 Å². The highest BCUT2D eigenvalue weighted by atomic mass is 32.1.